The Morgan fingerprint density at radius 2 is 2.00 bits per heavy atom. The molecule has 1 unspecified atom stereocenters. The van der Waals surface area contributed by atoms with Crippen molar-refractivity contribution in [3.63, 3.8) is 0 Å². The van der Waals surface area contributed by atoms with Gasteiger partial charge in [0.15, 0.2) is 6.10 Å². The first kappa shape index (κ1) is 14.5. The molecule has 0 bridgehead atoms. The number of rotatable bonds is 4. The molecule has 1 amide bonds. The van der Waals surface area contributed by atoms with Gasteiger partial charge in [0.2, 0.25) is 5.91 Å². The standard InChI is InChI=1S/C12H14F3NO2/c1-8-4-2-3-5-9(8)6-11(18)16-7-10(17)12(13,14)15/h2-5,10,17H,6-7H2,1H3,(H,16,18). The molecule has 1 atom stereocenters. The van der Waals surface area contributed by atoms with Crippen molar-refractivity contribution < 1.29 is 23.1 Å². The molecule has 0 fully saturated rings. The first-order chi connectivity index (χ1) is 8.30. The van der Waals surface area contributed by atoms with Crippen molar-refractivity contribution in [2.75, 3.05) is 6.54 Å². The van der Waals surface area contributed by atoms with Crippen LogP contribution >= 0.6 is 0 Å². The summed E-state index contributed by atoms with van der Waals surface area (Å²) in [5.41, 5.74) is 1.64. The predicted molar refractivity (Wildman–Crippen MR) is 60.0 cm³/mol. The summed E-state index contributed by atoms with van der Waals surface area (Å²) < 4.78 is 36.0. The highest BCUT2D eigenvalue weighted by molar-refractivity contribution is 5.78. The van der Waals surface area contributed by atoms with Crippen LogP contribution in [0.5, 0.6) is 0 Å². The Morgan fingerprint density at radius 1 is 1.39 bits per heavy atom. The molecule has 100 valence electrons. The first-order valence-electron chi connectivity index (χ1n) is 5.36. The number of hydrogen-bond acceptors (Lipinski definition) is 2. The molecule has 0 saturated carbocycles. The summed E-state index contributed by atoms with van der Waals surface area (Å²) in [5.74, 6) is -0.549. The van der Waals surface area contributed by atoms with Gasteiger partial charge in [-0.1, -0.05) is 24.3 Å². The van der Waals surface area contributed by atoms with Gasteiger partial charge in [0.05, 0.1) is 13.0 Å². The van der Waals surface area contributed by atoms with E-state index in [1.807, 2.05) is 19.1 Å². The van der Waals surface area contributed by atoms with E-state index < -0.39 is 24.7 Å². The Bertz CT molecular complexity index is 418. The summed E-state index contributed by atoms with van der Waals surface area (Å²) in [6.45, 7) is 0.987. The van der Waals surface area contributed by atoms with Gasteiger partial charge in [0, 0.05) is 0 Å². The van der Waals surface area contributed by atoms with Crippen LogP contribution in [0.15, 0.2) is 24.3 Å². The van der Waals surface area contributed by atoms with Crippen LogP contribution < -0.4 is 5.32 Å². The lowest BCUT2D eigenvalue weighted by Gasteiger charge is -2.15. The normalized spacial score (nSPS) is 13.2. The van der Waals surface area contributed by atoms with Crippen LogP contribution in [0, 0.1) is 6.92 Å². The fourth-order valence-electron chi connectivity index (χ4n) is 1.37. The van der Waals surface area contributed by atoms with Crippen molar-refractivity contribution in [3.05, 3.63) is 35.4 Å². The van der Waals surface area contributed by atoms with E-state index >= 15 is 0 Å². The van der Waals surface area contributed by atoms with Crippen LogP contribution in [-0.2, 0) is 11.2 Å². The van der Waals surface area contributed by atoms with E-state index in [0.717, 1.165) is 11.1 Å². The van der Waals surface area contributed by atoms with Gasteiger partial charge in [-0.3, -0.25) is 4.79 Å². The number of aliphatic hydroxyl groups excluding tert-OH is 1. The predicted octanol–water partition coefficient (Wildman–Crippen LogP) is 1.58. The van der Waals surface area contributed by atoms with Gasteiger partial charge in [-0.05, 0) is 18.1 Å². The van der Waals surface area contributed by atoms with Crippen molar-refractivity contribution in [3.8, 4) is 0 Å². The van der Waals surface area contributed by atoms with Gasteiger partial charge >= 0.3 is 6.18 Å². The molecular formula is C12H14F3NO2. The second-order valence-corrected chi connectivity index (χ2v) is 3.96. The van der Waals surface area contributed by atoms with Crippen LogP contribution in [0.4, 0.5) is 13.2 Å². The Labute approximate surface area is 103 Å². The van der Waals surface area contributed by atoms with Gasteiger partial charge in [-0.2, -0.15) is 13.2 Å². The van der Waals surface area contributed by atoms with Gasteiger partial charge in [0.1, 0.15) is 0 Å². The Hall–Kier alpha value is -1.56. The Kier molecular flexibility index (Phi) is 4.72. The molecule has 18 heavy (non-hydrogen) atoms. The van der Waals surface area contributed by atoms with Crippen LogP contribution in [0.1, 0.15) is 11.1 Å². The van der Waals surface area contributed by atoms with Crippen molar-refractivity contribution in [1.29, 1.82) is 0 Å². The number of aliphatic hydroxyl groups is 1. The van der Waals surface area contributed by atoms with Gasteiger partial charge < -0.3 is 10.4 Å². The Balaban J connectivity index is 2.46. The molecular weight excluding hydrogens is 247 g/mol. The number of carbonyl (C=O) groups is 1. The molecule has 3 nitrogen and oxygen atoms in total. The molecule has 1 aromatic carbocycles. The molecule has 1 rings (SSSR count). The molecule has 0 aliphatic rings. The lowest BCUT2D eigenvalue weighted by molar-refractivity contribution is -0.201. The molecule has 0 aliphatic carbocycles. The van der Waals surface area contributed by atoms with Gasteiger partial charge in [0.25, 0.3) is 0 Å². The number of amides is 1. The number of alkyl halides is 3. The van der Waals surface area contributed by atoms with E-state index in [1.165, 1.54) is 0 Å². The molecule has 0 saturated heterocycles. The number of benzene rings is 1. The third kappa shape index (κ3) is 4.37. The van der Waals surface area contributed by atoms with Gasteiger partial charge in [-0.15, -0.1) is 0 Å². The molecule has 0 radical (unpaired) electrons. The first-order valence-corrected chi connectivity index (χ1v) is 5.36. The van der Waals surface area contributed by atoms with Crippen molar-refractivity contribution in [2.24, 2.45) is 0 Å². The molecule has 0 aliphatic heterocycles. The zero-order valence-electron chi connectivity index (χ0n) is 9.79. The largest absolute Gasteiger partial charge is 0.416 e. The number of halogens is 3. The van der Waals surface area contributed by atoms with E-state index in [9.17, 15) is 18.0 Å². The summed E-state index contributed by atoms with van der Waals surface area (Å²) in [5, 5.41) is 10.8. The van der Waals surface area contributed by atoms with Crippen molar-refractivity contribution in [2.45, 2.75) is 25.6 Å². The number of carbonyl (C=O) groups excluding carboxylic acids is 1. The monoisotopic (exact) mass is 261 g/mol. The smallest absolute Gasteiger partial charge is 0.382 e. The highest BCUT2D eigenvalue weighted by atomic mass is 19.4. The number of nitrogens with one attached hydrogen (secondary N) is 1. The average Bonchev–Trinajstić information content (AvgIpc) is 2.27. The minimum absolute atomic E-state index is 0.00273. The van der Waals surface area contributed by atoms with Gasteiger partial charge in [-0.25, -0.2) is 0 Å². The summed E-state index contributed by atoms with van der Waals surface area (Å²) in [4.78, 5) is 11.4. The summed E-state index contributed by atoms with van der Waals surface area (Å²) in [6.07, 6.45) is -7.24. The number of hydrogen-bond donors (Lipinski definition) is 2. The maximum absolute atomic E-state index is 12.0. The third-order valence-electron chi connectivity index (χ3n) is 2.48. The molecule has 1 aromatic rings. The highest BCUT2D eigenvalue weighted by Gasteiger charge is 2.38. The topological polar surface area (TPSA) is 49.3 Å². The summed E-state index contributed by atoms with van der Waals surface area (Å²) in [6, 6.07) is 7.10. The molecule has 0 heterocycles. The highest BCUT2D eigenvalue weighted by Crippen LogP contribution is 2.19. The zero-order chi connectivity index (χ0) is 13.8. The molecule has 2 N–H and O–H groups in total. The van der Waals surface area contributed by atoms with Crippen LogP contribution in [0.3, 0.4) is 0 Å². The molecule has 6 heteroatoms. The van der Waals surface area contributed by atoms with E-state index in [1.54, 1.807) is 12.1 Å². The molecule has 0 aromatic heterocycles. The van der Waals surface area contributed by atoms with Crippen molar-refractivity contribution >= 4 is 5.91 Å². The third-order valence-corrected chi connectivity index (χ3v) is 2.48. The molecule has 0 spiro atoms. The Morgan fingerprint density at radius 3 is 2.56 bits per heavy atom. The average molecular weight is 261 g/mol. The van der Waals surface area contributed by atoms with E-state index in [2.05, 4.69) is 5.32 Å². The summed E-state index contributed by atoms with van der Waals surface area (Å²) in [7, 11) is 0. The van der Waals surface area contributed by atoms with E-state index in [-0.39, 0.29) is 6.42 Å². The maximum atomic E-state index is 12.0. The van der Waals surface area contributed by atoms with Crippen molar-refractivity contribution in [1.82, 2.24) is 5.32 Å². The second-order valence-electron chi connectivity index (χ2n) is 3.96. The van der Waals surface area contributed by atoms with E-state index in [4.69, 9.17) is 5.11 Å². The fourth-order valence-corrected chi connectivity index (χ4v) is 1.37. The quantitative estimate of drug-likeness (QED) is 0.864. The SMILES string of the molecule is Cc1ccccc1CC(=O)NCC(O)C(F)(F)F. The lowest BCUT2D eigenvalue weighted by atomic mass is 10.1. The van der Waals surface area contributed by atoms with Crippen LogP contribution in [0.2, 0.25) is 0 Å². The van der Waals surface area contributed by atoms with E-state index in [0.29, 0.717) is 0 Å². The fraction of sp³-hybridized carbons (Fsp3) is 0.417. The second kappa shape index (κ2) is 5.86. The number of aryl methyl sites for hydroxylation is 1. The minimum atomic E-state index is -4.71. The zero-order valence-corrected chi connectivity index (χ0v) is 9.79. The van der Waals surface area contributed by atoms with Crippen LogP contribution in [-0.4, -0.2) is 29.8 Å². The minimum Gasteiger partial charge on any atom is -0.382 e. The maximum Gasteiger partial charge on any atom is 0.416 e. The lowest BCUT2D eigenvalue weighted by Crippen LogP contribution is -2.41. The van der Waals surface area contributed by atoms with Crippen LogP contribution in [0.25, 0.3) is 0 Å². The summed E-state index contributed by atoms with van der Waals surface area (Å²) >= 11 is 0.